The maximum atomic E-state index is 11.7. The van der Waals surface area contributed by atoms with E-state index < -0.39 is 16.0 Å². The van der Waals surface area contributed by atoms with Crippen LogP contribution >= 0.6 is 0 Å². The predicted octanol–water partition coefficient (Wildman–Crippen LogP) is 1.24. The van der Waals surface area contributed by atoms with E-state index in [1.54, 1.807) is 6.92 Å². The molecule has 0 spiro atoms. The zero-order chi connectivity index (χ0) is 16.7. The van der Waals surface area contributed by atoms with E-state index in [0.29, 0.717) is 16.6 Å². The highest BCUT2D eigenvalue weighted by atomic mass is 16.6. The van der Waals surface area contributed by atoms with Gasteiger partial charge in [-0.1, -0.05) is 0 Å². The second-order valence-electron chi connectivity index (χ2n) is 6.12. The summed E-state index contributed by atoms with van der Waals surface area (Å²) in [6.07, 6.45) is 1.88. The van der Waals surface area contributed by atoms with Crippen molar-refractivity contribution in [2.45, 2.75) is 25.7 Å². The van der Waals surface area contributed by atoms with Gasteiger partial charge in [-0.2, -0.15) is 0 Å². The van der Waals surface area contributed by atoms with E-state index in [0.717, 1.165) is 31.5 Å². The number of fused-ring (bicyclic) bond motifs is 1. The molecular weight excluding hydrogens is 300 g/mol. The SMILES string of the molecule is Cc1c([N+](=O)[O-])cc2[nH]c(=O)c(=O)[nH]c2c1C1CCCN(C)C1. The van der Waals surface area contributed by atoms with Crippen molar-refractivity contribution in [3.63, 3.8) is 0 Å². The van der Waals surface area contributed by atoms with E-state index in [1.807, 2.05) is 7.05 Å². The number of nitrogens with one attached hydrogen (secondary N) is 2. The molecule has 1 unspecified atom stereocenters. The highest BCUT2D eigenvalue weighted by Crippen LogP contribution is 2.36. The quantitative estimate of drug-likeness (QED) is 0.491. The highest BCUT2D eigenvalue weighted by Gasteiger charge is 2.27. The lowest BCUT2D eigenvalue weighted by atomic mass is 9.86. The van der Waals surface area contributed by atoms with E-state index in [9.17, 15) is 19.7 Å². The van der Waals surface area contributed by atoms with Gasteiger partial charge in [-0.25, -0.2) is 0 Å². The Balaban J connectivity index is 2.34. The molecular formula is C15H18N4O4. The van der Waals surface area contributed by atoms with Gasteiger partial charge in [0.25, 0.3) is 5.69 Å². The van der Waals surface area contributed by atoms with Crippen molar-refractivity contribution in [3.8, 4) is 0 Å². The van der Waals surface area contributed by atoms with Gasteiger partial charge in [0.15, 0.2) is 0 Å². The number of nitro groups is 1. The maximum Gasteiger partial charge on any atom is 0.314 e. The summed E-state index contributed by atoms with van der Waals surface area (Å²) >= 11 is 0. The van der Waals surface area contributed by atoms with Crippen LogP contribution in [0.5, 0.6) is 0 Å². The number of likely N-dealkylation sites (tertiary alicyclic amines) is 1. The standard InChI is InChI=1S/C15H18N4O4/c1-8-11(19(22)23)6-10-13(17-15(21)14(20)16-10)12(8)9-4-3-5-18(2)7-9/h6,9H,3-5,7H2,1-2H3,(H,16,20)(H,17,21). The van der Waals surface area contributed by atoms with Crippen molar-refractivity contribution in [3.05, 3.63) is 48.0 Å². The number of H-pyrrole nitrogens is 2. The van der Waals surface area contributed by atoms with Gasteiger partial charge in [0.2, 0.25) is 0 Å². The average molecular weight is 318 g/mol. The first-order valence-corrected chi connectivity index (χ1v) is 7.51. The van der Waals surface area contributed by atoms with E-state index in [-0.39, 0.29) is 11.6 Å². The van der Waals surface area contributed by atoms with Crippen LogP contribution in [0.2, 0.25) is 0 Å². The third-order valence-corrected chi connectivity index (χ3v) is 4.53. The van der Waals surface area contributed by atoms with Crippen LogP contribution in [0.1, 0.15) is 29.9 Å². The normalized spacial score (nSPS) is 19.1. The van der Waals surface area contributed by atoms with Crippen LogP contribution < -0.4 is 11.1 Å². The maximum absolute atomic E-state index is 11.7. The number of aromatic amines is 2. The molecule has 8 heteroatoms. The molecule has 0 aliphatic carbocycles. The van der Waals surface area contributed by atoms with Crippen LogP contribution in [-0.2, 0) is 0 Å². The molecule has 0 bridgehead atoms. The molecule has 0 amide bonds. The van der Waals surface area contributed by atoms with Crippen molar-refractivity contribution >= 4 is 16.7 Å². The molecule has 8 nitrogen and oxygen atoms in total. The Bertz CT molecular complexity index is 899. The Hall–Kier alpha value is -2.48. The lowest BCUT2D eigenvalue weighted by Gasteiger charge is -2.31. The van der Waals surface area contributed by atoms with E-state index >= 15 is 0 Å². The second-order valence-corrected chi connectivity index (χ2v) is 6.12. The number of hydrogen-bond donors (Lipinski definition) is 2. The van der Waals surface area contributed by atoms with E-state index in [1.165, 1.54) is 6.07 Å². The monoisotopic (exact) mass is 318 g/mol. The summed E-state index contributed by atoms with van der Waals surface area (Å²) in [6, 6.07) is 1.32. The molecule has 2 heterocycles. The molecule has 1 aliphatic heterocycles. The summed E-state index contributed by atoms with van der Waals surface area (Å²) in [5.41, 5.74) is 0.523. The largest absolute Gasteiger partial charge is 0.316 e. The predicted molar refractivity (Wildman–Crippen MR) is 86.1 cm³/mol. The summed E-state index contributed by atoms with van der Waals surface area (Å²) in [7, 11) is 2.01. The third-order valence-electron chi connectivity index (χ3n) is 4.53. The summed E-state index contributed by atoms with van der Waals surface area (Å²) in [4.78, 5) is 41.4. The fourth-order valence-corrected chi connectivity index (χ4v) is 3.47. The number of nitro benzene ring substituents is 1. The fourth-order valence-electron chi connectivity index (χ4n) is 3.47. The van der Waals surface area contributed by atoms with Gasteiger partial charge in [0.1, 0.15) is 0 Å². The smallest absolute Gasteiger partial charge is 0.314 e. The summed E-state index contributed by atoms with van der Waals surface area (Å²) in [5.74, 6) is 0.0812. The Kier molecular flexibility index (Phi) is 3.77. The lowest BCUT2D eigenvalue weighted by molar-refractivity contribution is -0.385. The van der Waals surface area contributed by atoms with Crippen molar-refractivity contribution in [2.24, 2.45) is 0 Å². The summed E-state index contributed by atoms with van der Waals surface area (Å²) in [5, 5.41) is 11.3. The fraction of sp³-hybridized carbons (Fsp3) is 0.467. The number of aromatic nitrogens is 2. The molecule has 2 N–H and O–H groups in total. The average Bonchev–Trinajstić information content (AvgIpc) is 2.48. The van der Waals surface area contributed by atoms with Crippen LogP contribution in [0.4, 0.5) is 5.69 Å². The molecule has 23 heavy (non-hydrogen) atoms. The van der Waals surface area contributed by atoms with Crippen molar-refractivity contribution in [1.82, 2.24) is 14.9 Å². The molecule has 1 aromatic carbocycles. The van der Waals surface area contributed by atoms with Gasteiger partial charge in [0, 0.05) is 18.2 Å². The Morgan fingerprint density at radius 2 is 2.00 bits per heavy atom. The molecule has 1 aliphatic rings. The number of likely N-dealkylation sites (N-methyl/N-ethyl adjacent to an activating group) is 1. The molecule has 1 saturated heterocycles. The molecule has 1 aromatic heterocycles. The van der Waals surface area contributed by atoms with Crippen molar-refractivity contribution < 1.29 is 4.92 Å². The zero-order valence-corrected chi connectivity index (χ0v) is 13.0. The number of benzene rings is 1. The van der Waals surface area contributed by atoms with Crippen LogP contribution in [0, 0.1) is 17.0 Å². The molecule has 0 radical (unpaired) electrons. The first-order chi connectivity index (χ1) is 10.9. The minimum atomic E-state index is -0.803. The Labute approximate surface area is 131 Å². The minimum absolute atomic E-state index is 0.0385. The van der Waals surface area contributed by atoms with Crippen LogP contribution in [0.25, 0.3) is 11.0 Å². The lowest BCUT2D eigenvalue weighted by Crippen LogP contribution is -2.33. The van der Waals surface area contributed by atoms with Crippen LogP contribution in [-0.4, -0.2) is 39.9 Å². The number of piperidine rings is 1. The van der Waals surface area contributed by atoms with Gasteiger partial charge >= 0.3 is 11.1 Å². The highest BCUT2D eigenvalue weighted by molar-refractivity contribution is 5.83. The summed E-state index contributed by atoms with van der Waals surface area (Å²) in [6.45, 7) is 3.44. The van der Waals surface area contributed by atoms with E-state index in [2.05, 4.69) is 14.9 Å². The van der Waals surface area contributed by atoms with Gasteiger partial charge < -0.3 is 14.9 Å². The molecule has 1 atom stereocenters. The first kappa shape index (κ1) is 15.4. The molecule has 122 valence electrons. The van der Waals surface area contributed by atoms with Crippen LogP contribution in [0.15, 0.2) is 15.7 Å². The second kappa shape index (κ2) is 5.62. The van der Waals surface area contributed by atoms with Gasteiger partial charge in [-0.3, -0.25) is 19.7 Å². The minimum Gasteiger partial charge on any atom is -0.316 e. The van der Waals surface area contributed by atoms with Crippen LogP contribution in [0.3, 0.4) is 0 Å². The van der Waals surface area contributed by atoms with Gasteiger partial charge in [-0.15, -0.1) is 0 Å². The third kappa shape index (κ3) is 2.65. The topological polar surface area (TPSA) is 112 Å². The number of rotatable bonds is 2. The van der Waals surface area contributed by atoms with Gasteiger partial charge in [-0.05, 0) is 44.8 Å². The van der Waals surface area contributed by atoms with Gasteiger partial charge in [0.05, 0.1) is 16.0 Å². The molecule has 1 fully saturated rings. The Morgan fingerprint density at radius 1 is 1.30 bits per heavy atom. The molecule has 2 aromatic rings. The zero-order valence-electron chi connectivity index (χ0n) is 13.0. The van der Waals surface area contributed by atoms with Crippen molar-refractivity contribution in [2.75, 3.05) is 20.1 Å². The Morgan fingerprint density at radius 3 is 2.65 bits per heavy atom. The van der Waals surface area contributed by atoms with Crippen molar-refractivity contribution in [1.29, 1.82) is 0 Å². The summed E-state index contributed by atoms with van der Waals surface area (Å²) < 4.78 is 0. The number of nitrogens with zero attached hydrogens (tertiary/aromatic N) is 2. The first-order valence-electron chi connectivity index (χ1n) is 7.51. The molecule has 0 saturated carbocycles. The number of hydrogen-bond acceptors (Lipinski definition) is 5. The van der Waals surface area contributed by atoms with E-state index in [4.69, 9.17) is 0 Å². The molecule has 3 rings (SSSR count).